The van der Waals surface area contributed by atoms with E-state index in [9.17, 15) is 9.00 Å². The monoisotopic (exact) mass is 368 g/mol. The number of rotatable bonds is 3. The van der Waals surface area contributed by atoms with Gasteiger partial charge in [0, 0.05) is 30.9 Å². The van der Waals surface area contributed by atoms with Crippen LogP contribution < -0.4 is 16.8 Å². The molecule has 0 radical (unpaired) electrons. The zero-order valence-electron chi connectivity index (χ0n) is 15.1. The third-order valence-corrected chi connectivity index (χ3v) is 5.23. The Morgan fingerprint density at radius 3 is 2.40 bits per heavy atom. The number of fused-ring (bicyclic) bond motifs is 1. The van der Waals surface area contributed by atoms with E-state index in [-0.39, 0.29) is 0 Å². The smallest absolute Gasteiger partial charge is 0.247 e. The molecule has 0 bridgehead atoms. The first-order valence-corrected chi connectivity index (χ1v) is 9.47. The van der Waals surface area contributed by atoms with Gasteiger partial charge >= 0.3 is 0 Å². The van der Waals surface area contributed by atoms with Gasteiger partial charge in [-0.3, -0.25) is 4.79 Å². The van der Waals surface area contributed by atoms with Crippen LogP contribution in [-0.4, -0.2) is 54.3 Å². The molecule has 25 heavy (non-hydrogen) atoms. The number of carbonyl (C=O) groups excluding carboxylic acids is 1. The van der Waals surface area contributed by atoms with Crippen LogP contribution in [0.5, 0.6) is 0 Å². The molecule has 7 nitrogen and oxygen atoms in total. The maximum Gasteiger partial charge on any atom is 0.247 e. The van der Waals surface area contributed by atoms with Crippen molar-refractivity contribution >= 4 is 27.5 Å². The summed E-state index contributed by atoms with van der Waals surface area (Å²) in [5.74, 6) is -0.534. The lowest BCUT2D eigenvalue weighted by atomic mass is 10.0. The number of para-hydroxylation sites is 1. The van der Waals surface area contributed by atoms with Gasteiger partial charge in [-0.15, -0.1) is 0 Å². The molecule has 0 saturated carbocycles. The summed E-state index contributed by atoms with van der Waals surface area (Å²) >= 11 is 0. The summed E-state index contributed by atoms with van der Waals surface area (Å²) < 4.78 is 20.0. The first-order valence-electron chi connectivity index (χ1n) is 8.37. The molecule has 0 aromatic heterocycles. The van der Waals surface area contributed by atoms with Crippen LogP contribution in [0.25, 0.3) is 4.91 Å². The molecule has 1 aromatic rings. The normalized spacial score (nSPS) is 17.8. The van der Waals surface area contributed by atoms with Gasteiger partial charge in [0.1, 0.15) is 11.0 Å². The van der Waals surface area contributed by atoms with Crippen molar-refractivity contribution in [2.45, 2.75) is 13.8 Å². The molecule has 1 unspecified atom stereocenters. The highest BCUT2D eigenvalue weighted by atomic mass is 32.2. The second kappa shape index (κ2) is 11.0. The minimum atomic E-state index is -1.41. The maximum absolute atomic E-state index is 12.9. The Balaban J connectivity index is 0.000000730. The minimum Gasteiger partial charge on any atom is -0.380 e. The Kier molecular flexibility index (Phi) is 9.36. The van der Waals surface area contributed by atoms with Crippen LogP contribution in [-0.2, 0) is 20.5 Å². The van der Waals surface area contributed by atoms with Gasteiger partial charge in [-0.1, -0.05) is 32.0 Å². The Morgan fingerprint density at radius 1 is 1.20 bits per heavy atom. The Hall–Kier alpha value is -1.74. The summed E-state index contributed by atoms with van der Waals surface area (Å²) in [5.41, 5.74) is 12.0. The van der Waals surface area contributed by atoms with Crippen molar-refractivity contribution in [3.8, 4) is 0 Å². The second-order valence-electron chi connectivity index (χ2n) is 4.86. The molecule has 2 aliphatic rings. The molecule has 1 aromatic carbocycles. The number of nitrogens with two attached hydrogens (primary N) is 2. The number of anilines is 1. The van der Waals surface area contributed by atoms with E-state index in [1.807, 2.05) is 42.4 Å². The van der Waals surface area contributed by atoms with E-state index in [0.717, 1.165) is 11.3 Å². The van der Waals surface area contributed by atoms with Gasteiger partial charge in [-0.05, 0) is 13.1 Å². The zero-order chi connectivity index (χ0) is 18.8. The standard InChI is InChI=1S/C14H17N3O3S.C2H6.CH5N/c15-14(18)11-9-16-12-4-2-1-3-10(12)13(11)21(19)17-5-7-20-8-6-17;2*1-2/h1-4,16H,5-9H2,(H2,15,18);1-2H3;2H2,1H3. The quantitative estimate of drug-likeness (QED) is 0.734. The minimum absolute atomic E-state index is 0.303. The number of carbonyl (C=O) groups is 1. The number of primary amides is 1. The molecule has 1 atom stereocenters. The van der Waals surface area contributed by atoms with Crippen LogP contribution in [0.1, 0.15) is 19.4 Å². The number of benzene rings is 1. The molecule has 1 amide bonds. The number of hydrogen-bond acceptors (Lipinski definition) is 5. The topological polar surface area (TPSA) is 111 Å². The number of nitrogens with zero attached hydrogens (tertiary/aromatic N) is 1. The summed E-state index contributed by atoms with van der Waals surface area (Å²) in [7, 11) is 0.0872. The molecule has 140 valence electrons. The highest BCUT2D eigenvalue weighted by Gasteiger charge is 2.29. The summed E-state index contributed by atoms with van der Waals surface area (Å²) in [4.78, 5) is 12.2. The van der Waals surface area contributed by atoms with Crippen molar-refractivity contribution in [2.24, 2.45) is 11.5 Å². The van der Waals surface area contributed by atoms with Crippen LogP contribution in [0.2, 0.25) is 0 Å². The van der Waals surface area contributed by atoms with Gasteiger partial charge in [0.25, 0.3) is 0 Å². The summed E-state index contributed by atoms with van der Waals surface area (Å²) in [6.45, 7) is 6.56. The Labute approximate surface area is 152 Å². The molecule has 0 spiro atoms. The van der Waals surface area contributed by atoms with Gasteiger partial charge in [0.15, 0.2) is 0 Å². The van der Waals surface area contributed by atoms with Crippen LogP contribution in [0.15, 0.2) is 29.8 Å². The predicted molar refractivity (Wildman–Crippen MR) is 103 cm³/mol. The third kappa shape index (κ3) is 5.12. The number of amides is 1. The largest absolute Gasteiger partial charge is 0.380 e. The highest BCUT2D eigenvalue weighted by Crippen LogP contribution is 2.34. The number of hydrogen-bond donors (Lipinski definition) is 3. The summed E-state index contributed by atoms with van der Waals surface area (Å²) in [6, 6.07) is 7.53. The van der Waals surface area contributed by atoms with Gasteiger partial charge in [-0.25, -0.2) is 8.51 Å². The summed E-state index contributed by atoms with van der Waals surface area (Å²) in [6.07, 6.45) is 0. The number of nitrogens with one attached hydrogen (secondary N) is 1. The number of ether oxygens (including phenoxy) is 1. The molecule has 1 fully saturated rings. The summed E-state index contributed by atoms with van der Waals surface area (Å²) in [5, 5.41) is 3.15. The lowest BCUT2D eigenvalue weighted by Crippen LogP contribution is -2.39. The van der Waals surface area contributed by atoms with E-state index in [2.05, 4.69) is 11.1 Å². The van der Waals surface area contributed by atoms with E-state index in [0.29, 0.717) is 43.3 Å². The van der Waals surface area contributed by atoms with Crippen LogP contribution in [0.4, 0.5) is 5.69 Å². The SMILES string of the molecule is CC.CN.NC(=O)C1=C(S(=O)N2CCOCC2)c2ccccc2NC1. The first kappa shape index (κ1) is 21.3. The van der Waals surface area contributed by atoms with E-state index < -0.39 is 16.9 Å². The van der Waals surface area contributed by atoms with Gasteiger partial charge in [0.2, 0.25) is 5.91 Å². The van der Waals surface area contributed by atoms with Crippen molar-refractivity contribution in [1.29, 1.82) is 0 Å². The number of morpholine rings is 1. The fourth-order valence-electron chi connectivity index (χ4n) is 2.50. The molecule has 3 rings (SSSR count). The van der Waals surface area contributed by atoms with E-state index in [1.165, 1.54) is 7.05 Å². The highest BCUT2D eigenvalue weighted by molar-refractivity contribution is 7.92. The molecule has 5 N–H and O–H groups in total. The molecule has 1 saturated heterocycles. The molecule has 0 aliphatic carbocycles. The maximum atomic E-state index is 12.9. The fourth-order valence-corrected chi connectivity index (χ4v) is 3.99. The van der Waals surface area contributed by atoms with Gasteiger partial charge < -0.3 is 21.5 Å². The van der Waals surface area contributed by atoms with E-state index in [4.69, 9.17) is 10.5 Å². The van der Waals surface area contributed by atoms with E-state index >= 15 is 0 Å². The predicted octanol–water partition coefficient (Wildman–Crippen LogP) is 0.906. The van der Waals surface area contributed by atoms with Crippen molar-refractivity contribution in [3.05, 3.63) is 35.4 Å². The van der Waals surface area contributed by atoms with Crippen LogP contribution in [0, 0.1) is 0 Å². The molecular weight excluding hydrogens is 340 g/mol. The van der Waals surface area contributed by atoms with Crippen molar-refractivity contribution in [3.63, 3.8) is 0 Å². The molecule has 2 heterocycles. The molecular formula is C17H28N4O3S. The van der Waals surface area contributed by atoms with Gasteiger partial charge in [0.05, 0.1) is 23.7 Å². The average Bonchev–Trinajstić information content (AvgIpc) is 2.70. The van der Waals surface area contributed by atoms with E-state index in [1.54, 1.807) is 0 Å². The molecule has 8 heteroatoms. The fraction of sp³-hybridized carbons (Fsp3) is 0.471. The molecule has 2 aliphatic heterocycles. The third-order valence-electron chi connectivity index (χ3n) is 3.58. The van der Waals surface area contributed by atoms with Crippen LogP contribution in [0.3, 0.4) is 0 Å². The van der Waals surface area contributed by atoms with Crippen LogP contribution >= 0.6 is 0 Å². The zero-order valence-corrected chi connectivity index (χ0v) is 15.9. The van der Waals surface area contributed by atoms with Crippen molar-refractivity contribution in [2.75, 3.05) is 45.2 Å². The first-order chi connectivity index (χ1) is 12.2. The Bertz CT molecular complexity index is 628. The Morgan fingerprint density at radius 2 is 1.80 bits per heavy atom. The van der Waals surface area contributed by atoms with Crippen molar-refractivity contribution < 1.29 is 13.7 Å². The lowest BCUT2D eigenvalue weighted by molar-refractivity contribution is -0.114. The second-order valence-corrected chi connectivity index (χ2v) is 6.28. The lowest BCUT2D eigenvalue weighted by Gasteiger charge is -2.29. The van der Waals surface area contributed by atoms with Crippen molar-refractivity contribution in [1.82, 2.24) is 4.31 Å². The average molecular weight is 369 g/mol. The van der Waals surface area contributed by atoms with Gasteiger partial charge in [-0.2, -0.15) is 0 Å².